The number of hydrogen-bond acceptors (Lipinski definition) is 2. The van der Waals surface area contributed by atoms with Crippen molar-refractivity contribution >= 4 is 5.91 Å². The smallest absolute Gasteiger partial charge is 0.255 e. The van der Waals surface area contributed by atoms with Crippen molar-refractivity contribution in [3.05, 3.63) is 29.3 Å². The van der Waals surface area contributed by atoms with Crippen molar-refractivity contribution in [3.8, 4) is 5.75 Å². The van der Waals surface area contributed by atoms with Crippen molar-refractivity contribution in [2.75, 3.05) is 6.54 Å². The monoisotopic (exact) mass is 219 g/mol. The quantitative estimate of drug-likeness (QED) is 0.815. The van der Waals surface area contributed by atoms with Crippen molar-refractivity contribution < 1.29 is 9.90 Å². The van der Waals surface area contributed by atoms with Crippen molar-refractivity contribution in [3.63, 3.8) is 0 Å². The molecule has 0 aliphatic heterocycles. The van der Waals surface area contributed by atoms with Crippen LogP contribution in [0.1, 0.15) is 35.2 Å². The number of amides is 1. The van der Waals surface area contributed by atoms with Crippen LogP contribution < -0.4 is 5.32 Å². The Balaban J connectivity index is 1.93. The summed E-state index contributed by atoms with van der Waals surface area (Å²) in [7, 11) is 0. The fraction of sp³-hybridized carbons (Fsp3) is 0.462. The first kappa shape index (κ1) is 11.0. The molecule has 16 heavy (non-hydrogen) atoms. The number of carbonyl (C=O) groups excluding carboxylic acids is 1. The topological polar surface area (TPSA) is 49.3 Å². The molecule has 1 aromatic carbocycles. The molecule has 0 atom stereocenters. The Labute approximate surface area is 95.5 Å². The maximum atomic E-state index is 11.7. The number of carbonyl (C=O) groups is 1. The van der Waals surface area contributed by atoms with E-state index < -0.39 is 0 Å². The van der Waals surface area contributed by atoms with E-state index in [-0.39, 0.29) is 11.7 Å². The van der Waals surface area contributed by atoms with E-state index in [4.69, 9.17) is 0 Å². The predicted molar refractivity (Wildman–Crippen MR) is 62.5 cm³/mol. The van der Waals surface area contributed by atoms with E-state index in [1.54, 1.807) is 25.1 Å². The zero-order valence-electron chi connectivity index (χ0n) is 9.49. The summed E-state index contributed by atoms with van der Waals surface area (Å²) in [5.74, 6) is 0.722. The minimum atomic E-state index is -0.179. The Hall–Kier alpha value is -1.51. The summed E-state index contributed by atoms with van der Waals surface area (Å²) in [5, 5.41) is 12.6. The third-order valence-electron chi connectivity index (χ3n) is 3.02. The van der Waals surface area contributed by atoms with Crippen LogP contribution in [-0.2, 0) is 0 Å². The lowest BCUT2D eigenvalue weighted by molar-refractivity contribution is 0.0950. The third-order valence-corrected chi connectivity index (χ3v) is 3.02. The van der Waals surface area contributed by atoms with Gasteiger partial charge in [-0.25, -0.2) is 0 Å². The molecule has 1 saturated carbocycles. The van der Waals surface area contributed by atoms with Gasteiger partial charge in [-0.05, 0) is 30.9 Å². The second kappa shape index (κ2) is 4.56. The van der Waals surface area contributed by atoms with Gasteiger partial charge in [0, 0.05) is 6.54 Å². The molecule has 1 aromatic rings. The highest BCUT2D eigenvalue weighted by Crippen LogP contribution is 2.31. The van der Waals surface area contributed by atoms with Crippen LogP contribution in [0.25, 0.3) is 0 Å². The normalized spacial score (nSPS) is 14.8. The average molecular weight is 219 g/mol. The molecule has 1 fully saturated rings. The van der Waals surface area contributed by atoms with Gasteiger partial charge in [-0.15, -0.1) is 0 Å². The lowest BCUT2D eigenvalue weighted by atomic mass is 10.1. The Kier molecular flexibility index (Phi) is 3.13. The lowest BCUT2D eigenvalue weighted by Crippen LogP contribution is -2.24. The summed E-state index contributed by atoms with van der Waals surface area (Å²) < 4.78 is 0. The second-order valence-corrected chi connectivity index (χ2v) is 4.46. The van der Waals surface area contributed by atoms with Crippen LogP contribution in [-0.4, -0.2) is 17.6 Å². The largest absolute Gasteiger partial charge is 0.507 e. The molecule has 3 heteroatoms. The number of aryl methyl sites for hydroxylation is 1. The molecule has 0 radical (unpaired) electrons. The van der Waals surface area contributed by atoms with Crippen molar-refractivity contribution in [2.24, 2.45) is 5.92 Å². The van der Waals surface area contributed by atoms with Crippen LogP contribution in [0.5, 0.6) is 5.75 Å². The first-order valence-electron chi connectivity index (χ1n) is 5.75. The Bertz CT molecular complexity index is 397. The van der Waals surface area contributed by atoms with Crippen molar-refractivity contribution in [1.29, 1.82) is 0 Å². The molecule has 0 bridgehead atoms. The van der Waals surface area contributed by atoms with Gasteiger partial charge in [0.05, 0.1) is 5.56 Å². The predicted octanol–water partition coefficient (Wildman–Crippen LogP) is 2.23. The summed E-state index contributed by atoms with van der Waals surface area (Å²) in [4.78, 5) is 11.7. The molecule has 1 aliphatic rings. The fourth-order valence-electron chi connectivity index (χ4n) is 1.73. The molecule has 0 spiro atoms. The molecule has 2 N–H and O–H groups in total. The molecular formula is C13H17NO2. The number of para-hydroxylation sites is 1. The van der Waals surface area contributed by atoms with E-state index in [2.05, 4.69) is 5.32 Å². The zero-order valence-corrected chi connectivity index (χ0v) is 9.49. The first-order valence-corrected chi connectivity index (χ1v) is 5.75. The average Bonchev–Trinajstić information content (AvgIpc) is 3.06. The maximum absolute atomic E-state index is 11.7. The fourth-order valence-corrected chi connectivity index (χ4v) is 1.73. The van der Waals surface area contributed by atoms with E-state index >= 15 is 0 Å². The number of benzene rings is 1. The summed E-state index contributed by atoms with van der Waals surface area (Å²) in [6.45, 7) is 2.49. The van der Waals surface area contributed by atoms with E-state index in [9.17, 15) is 9.90 Å². The van der Waals surface area contributed by atoms with Gasteiger partial charge in [-0.3, -0.25) is 4.79 Å². The van der Waals surface area contributed by atoms with E-state index in [0.29, 0.717) is 12.1 Å². The molecule has 0 unspecified atom stereocenters. The van der Waals surface area contributed by atoms with Crippen molar-refractivity contribution in [1.82, 2.24) is 5.32 Å². The van der Waals surface area contributed by atoms with Gasteiger partial charge in [0.1, 0.15) is 5.75 Å². The van der Waals surface area contributed by atoms with Gasteiger partial charge in [-0.2, -0.15) is 0 Å². The minimum absolute atomic E-state index is 0.0893. The van der Waals surface area contributed by atoms with E-state index in [0.717, 1.165) is 17.9 Å². The minimum Gasteiger partial charge on any atom is -0.507 e. The number of rotatable bonds is 4. The van der Waals surface area contributed by atoms with Crippen LogP contribution in [0, 0.1) is 12.8 Å². The zero-order chi connectivity index (χ0) is 11.5. The molecule has 86 valence electrons. The Morgan fingerprint density at radius 2 is 2.25 bits per heavy atom. The summed E-state index contributed by atoms with van der Waals surface area (Å²) in [6.07, 6.45) is 3.65. The molecule has 1 aliphatic carbocycles. The lowest BCUT2D eigenvalue weighted by Gasteiger charge is -2.07. The van der Waals surface area contributed by atoms with Gasteiger partial charge in [0.15, 0.2) is 0 Å². The van der Waals surface area contributed by atoms with Crippen LogP contribution in [0.15, 0.2) is 18.2 Å². The number of phenols is 1. The van der Waals surface area contributed by atoms with Crippen LogP contribution in [0.4, 0.5) is 0 Å². The number of nitrogens with one attached hydrogen (secondary N) is 1. The Morgan fingerprint density at radius 3 is 2.94 bits per heavy atom. The first-order chi connectivity index (χ1) is 7.68. The van der Waals surface area contributed by atoms with Crippen LogP contribution in [0.3, 0.4) is 0 Å². The standard InChI is InChI=1S/C13H17NO2/c1-9-3-2-4-11(12(9)15)13(16)14-8-7-10-5-6-10/h2-4,10,15H,5-8H2,1H3,(H,14,16). The molecule has 3 nitrogen and oxygen atoms in total. The summed E-state index contributed by atoms with van der Waals surface area (Å²) in [6, 6.07) is 5.22. The molecule has 1 amide bonds. The van der Waals surface area contributed by atoms with Gasteiger partial charge < -0.3 is 10.4 Å². The van der Waals surface area contributed by atoms with Crippen molar-refractivity contribution in [2.45, 2.75) is 26.2 Å². The molecule has 0 heterocycles. The van der Waals surface area contributed by atoms with Gasteiger partial charge in [0.25, 0.3) is 5.91 Å². The number of phenolic OH excluding ortho intramolecular Hbond substituents is 1. The number of aromatic hydroxyl groups is 1. The maximum Gasteiger partial charge on any atom is 0.255 e. The number of hydrogen-bond donors (Lipinski definition) is 2. The van der Waals surface area contributed by atoms with Gasteiger partial charge in [0.2, 0.25) is 0 Å². The highest BCUT2D eigenvalue weighted by atomic mass is 16.3. The summed E-state index contributed by atoms with van der Waals surface area (Å²) in [5.41, 5.74) is 1.10. The second-order valence-electron chi connectivity index (χ2n) is 4.46. The Morgan fingerprint density at radius 1 is 1.50 bits per heavy atom. The highest BCUT2D eigenvalue weighted by Gasteiger charge is 2.21. The molecule has 0 saturated heterocycles. The third kappa shape index (κ3) is 2.54. The van der Waals surface area contributed by atoms with E-state index in [1.165, 1.54) is 12.8 Å². The SMILES string of the molecule is Cc1cccc(C(=O)NCCC2CC2)c1O. The van der Waals surface area contributed by atoms with Crippen LogP contribution in [0.2, 0.25) is 0 Å². The van der Waals surface area contributed by atoms with Gasteiger partial charge >= 0.3 is 0 Å². The van der Waals surface area contributed by atoms with Gasteiger partial charge in [-0.1, -0.05) is 25.0 Å². The molecule has 2 rings (SSSR count). The van der Waals surface area contributed by atoms with E-state index in [1.807, 2.05) is 0 Å². The summed E-state index contributed by atoms with van der Waals surface area (Å²) >= 11 is 0. The van der Waals surface area contributed by atoms with Crippen LogP contribution >= 0.6 is 0 Å². The molecule has 0 aromatic heterocycles. The highest BCUT2D eigenvalue weighted by molar-refractivity contribution is 5.97. The molecular weight excluding hydrogens is 202 g/mol.